The normalized spacial score (nSPS) is 31.2. The number of ether oxygens (including phenoxy) is 1. The summed E-state index contributed by atoms with van der Waals surface area (Å²) in [7, 11) is 2.27. The first kappa shape index (κ1) is 17.4. The molecule has 0 aromatic carbocycles. The van der Waals surface area contributed by atoms with Crippen molar-refractivity contribution < 1.29 is 26.7 Å². The molecule has 12 heteroatoms. The minimum absolute atomic E-state index is 0.351. The predicted octanol–water partition coefficient (Wildman–Crippen LogP) is 2.91. The van der Waals surface area contributed by atoms with Gasteiger partial charge >= 0.3 is 18.5 Å². The molecule has 0 N–H and O–H groups in total. The Morgan fingerprint density at radius 1 is 1.41 bits per heavy atom. The van der Waals surface area contributed by atoms with Crippen molar-refractivity contribution in [1.82, 2.24) is 14.4 Å². The summed E-state index contributed by atoms with van der Waals surface area (Å²) >= 11 is 11.2. The van der Waals surface area contributed by atoms with Gasteiger partial charge in [-0.1, -0.05) is 28.3 Å². The molecule has 2 rings (SSSR count). The maximum Gasteiger partial charge on any atom is 0.480 e. The standard InChI is InChI=1S/C10H9Cl2F5N4O/c1-20-4-3-6(19-20)21(2)9(10(15,16)17,22-7(13)14)8(11,12)5-18-21/h3-4,7H,1-2H3/q+1. The summed E-state index contributed by atoms with van der Waals surface area (Å²) in [5.41, 5.74) is -3.81. The fraction of sp³-hybridized carbons (Fsp3) is 0.600. The minimum atomic E-state index is -5.41. The molecule has 2 heterocycles. The van der Waals surface area contributed by atoms with Crippen LogP contribution in [0.25, 0.3) is 0 Å². The van der Waals surface area contributed by atoms with E-state index in [-0.39, 0.29) is 5.82 Å². The molecule has 1 radical (unpaired) electrons. The van der Waals surface area contributed by atoms with Crippen LogP contribution in [-0.4, -0.2) is 45.9 Å². The molecule has 1 aliphatic heterocycles. The van der Waals surface area contributed by atoms with Crippen molar-refractivity contribution in [3.05, 3.63) is 12.3 Å². The summed E-state index contributed by atoms with van der Waals surface area (Å²) in [5.74, 6) is -0.351. The fourth-order valence-electron chi connectivity index (χ4n) is 2.23. The van der Waals surface area contributed by atoms with Gasteiger partial charge in [-0.05, 0) is 0 Å². The third kappa shape index (κ3) is 2.20. The SMILES string of the molecule is Cn1ccc([N+]2(C)N=[C]C(Cl)(Cl)C2(OC(F)F)C(F)(F)F)n1. The van der Waals surface area contributed by atoms with Crippen LogP contribution in [0.5, 0.6) is 0 Å². The van der Waals surface area contributed by atoms with E-state index in [1.165, 1.54) is 17.9 Å². The molecule has 0 bridgehead atoms. The van der Waals surface area contributed by atoms with Gasteiger partial charge in [-0.3, -0.25) is 9.42 Å². The number of aromatic nitrogens is 2. The highest BCUT2D eigenvalue weighted by molar-refractivity contribution is 6.57. The van der Waals surface area contributed by atoms with E-state index in [0.717, 1.165) is 13.1 Å². The lowest BCUT2D eigenvalue weighted by Crippen LogP contribution is -2.74. The molecular formula is C10H9Cl2F5N4O+. The molecule has 0 saturated heterocycles. The lowest BCUT2D eigenvalue weighted by molar-refractivity contribution is -0.363. The zero-order valence-electron chi connectivity index (χ0n) is 11.1. The summed E-state index contributed by atoms with van der Waals surface area (Å²) in [6, 6.07) is 1.15. The maximum atomic E-state index is 13.7. The van der Waals surface area contributed by atoms with Crippen molar-refractivity contribution in [2.24, 2.45) is 12.1 Å². The molecule has 0 spiro atoms. The fourth-order valence-corrected chi connectivity index (χ4v) is 2.94. The molecule has 123 valence electrons. The first-order chi connectivity index (χ1) is 9.87. The van der Waals surface area contributed by atoms with Crippen LogP contribution in [0.1, 0.15) is 0 Å². The summed E-state index contributed by atoms with van der Waals surface area (Å²) in [6.07, 6.45) is -2.31. The monoisotopic (exact) mass is 366 g/mol. The van der Waals surface area contributed by atoms with E-state index < -0.39 is 27.4 Å². The van der Waals surface area contributed by atoms with Gasteiger partial charge < -0.3 is 0 Å². The average Bonchev–Trinajstić information content (AvgIpc) is 2.85. The van der Waals surface area contributed by atoms with Crippen molar-refractivity contribution in [2.75, 3.05) is 7.05 Å². The van der Waals surface area contributed by atoms with E-state index in [4.69, 9.17) is 23.2 Å². The van der Waals surface area contributed by atoms with Gasteiger partial charge in [0.25, 0.3) is 10.2 Å². The van der Waals surface area contributed by atoms with Gasteiger partial charge in [-0.25, -0.2) is 0 Å². The largest absolute Gasteiger partial charge is 0.480 e. The van der Waals surface area contributed by atoms with Crippen LogP contribution in [-0.2, 0) is 11.8 Å². The second-order valence-electron chi connectivity index (χ2n) is 4.61. The van der Waals surface area contributed by atoms with Crippen LogP contribution in [0, 0.1) is 0 Å². The number of aryl methyl sites for hydroxylation is 1. The van der Waals surface area contributed by atoms with Gasteiger partial charge in [0.05, 0.1) is 0 Å². The highest BCUT2D eigenvalue weighted by Crippen LogP contribution is 2.57. The number of rotatable bonds is 3. The number of alkyl halides is 7. The van der Waals surface area contributed by atoms with Crippen LogP contribution in [0.3, 0.4) is 0 Å². The lowest BCUT2D eigenvalue weighted by atomic mass is 10.1. The molecule has 1 aromatic rings. The van der Waals surface area contributed by atoms with Gasteiger partial charge in [0.1, 0.15) is 7.05 Å². The zero-order valence-corrected chi connectivity index (χ0v) is 12.6. The predicted molar refractivity (Wildman–Crippen MR) is 68.7 cm³/mol. The smallest absolute Gasteiger partial charge is 0.270 e. The molecule has 0 fully saturated rings. The van der Waals surface area contributed by atoms with E-state index >= 15 is 0 Å². The van der Waals surface area contributed by atoms with Crippen LogP contribution in [0.4, 0.5) is 27.8 Å². The van der Waals surface area contributed by atoms with Crippen molar-refractivity contribution in [3.63, 3.8) is 0 Å². The second kappa shape index (κ2) is 5.02. The highest BCUT2D eigenvalue weighted by atomic mass is 35.5. The Hall–Kier alpha value is -0.970. The van der Waals surface area contributed by atoms with E-state index in [2.05, 4.69) is 14.9 Å². The van der Waals surface area contributed by atoms with Gasteiger partial charge in [-0.2, -0.15) is 22.0 Å². The van der Waals surface area contributed by atoms with Crippen LogP contribution in [0.15, 0.2) is 17.4 Å². The van der Waals surface area contributed by atoms with E-state index in [1.54, 1.807) is 6.21 Å². The summed E-state index contributed by atoms with van der Waals surface area (Å²) in [6.45, 7) is -3.81. The number of hydrogen-bond donors (Lipinski definition) is 0. The number of quaternary nitrogens is 1. The Kier molecular flexibility index (Phi) is 3.96. The summed E-state index contributed by atoms with van der Waals surface area (Å²) < 4.78 is 66.9. The van der Waals surface area contributed by atoms with Gasteiger partial charge in [0.2, 0.25) is 0 Å². The Balaban J connectivity index is 2.74. The molecular weight excluding hydrogens is 358 g/mol. The Morgan fingerprint density at radius 2 is 2.00 bits per heavy atom. The topological polar surface area (TPSA) is 39.4 Å². The molecule has 1 aromatic heterocycles. The number of halogens is 7. The van der Waals surface area contributed by atoms with Crippen molar-refractivity contribution in [3.8, 4) is 0 Å². The summed E-state index contributed by atoms with van der Waals surface area (Å²) in [4.78, 5) is 0. The summed E-state index contributed by atoms with van der Waals surface area (Å²) in [5, 5.41) is 7.21. The molecule has 2 unspecified atom stereocenters. The van der Waals surface area contributed by atoms with Crippen molar-refractivity contribution >= 4 is 35.2 Å². The minimum Gasteiger partial charge on any atom is -0.270 e. The maximum absolute atomic E-state index is 13.7. The Morgan fingerprint density at radius 3 is 2.41 bits per heavy atom. The molecule has 5 nitrogen and oxygen atoms in total. The average molecular weight is 367 g/mol. The van der Waals surface area contributed by atoms with Crippen molar-refractivity contribution in [1.29, 1.82) is 0 Å². The number of hydrogen-bond acceptors (Lipinski definition) is 3. The quantitative estimate of drug-likeness (QED) is 0.468. The third-order valence-electron chi connectivity index (χ3n) is 3.22. The van der Waals surface area contributed by atoms with Crippen LogP contribution >= 0.6 is 23.2 Å². The Labute approximate surface area is 131 Å². The molecule has 1 aliphatic rings. The van der Waals surface area contributed by atoms with Gasteiger partial charge in [0, 0.05) is 19.3 Å². The van der Waals surface area contributed by atoms with Crippen molar-refractivity contribution in [2.45, 2.75) is 22.8 Å². The molecule has 0 saturated carbocycles. The van der Waals surface area contributed by atoms with E-state index in [0.29, 0.717) is 0 Å². The van der Waals surface area contributed by atoms with Gasteiger partial charge in [-0.15, -0.1) is 9.69 Å². The second-order valence-corrected chi connectivity index (χ2v) is 5.94. The van der Waals surface area contributed by atoms with E-state index in [9.17, 15) is 22.0 Å². The zero-order chi connectivity index (χ0) is 17.0. The first-order valence-corrected chi connectivity index (χ1v) is 6.40. The number of nitrogens with zero attached hydrogens (tertiary/aromatic N) is 4. The molecule has 0 aliphatic carbocycles. The van der Waals surface area contributed by atoms with Gasteiger partial charge in [0.15, 0.2) is 6.21 Å². The molecule has 22 heavy (non-hydrogen) atoms. The Bertz CT molecular complexity index is 604. The lowest BCUT2D eigenvalue weighted by Gasteiger charge is -2.43. The third-order valence-corrected chi connectivity index (χ3v) is 3.90. The van der Waals surface area contributed by atoms with Crippen LogP contribution in [0.2, 0.25) is 0 Å². The van der Waals surface area contributed by atoms with E-state index in [1.807, 2.05) is 0 Å². The highest BCUT2D eigenvalue weighted by Gasteiger charge is 2.85. The molecule has 2 atom stereocenters. The van der Waals surface area contributed by atoms with Crippen LogP contribution < -0.4 is 4.59 Å². The first-order valence-electron chi connectivity index (χ1n) is 5.64. The molecule has 0 amide bonds.